The van der Waals surface area contributed by atoms with Crippen LogP contribution in [-0.2, 0) is 18.0 Å². The van der Waals surface area contributed by atoms with Gasteiger partial charge in [-0.05, 0) is 34.7 Å². The summed E-state index contributed by atoms with van der Waals surface area (Å²) in [6.45, 7) is 3.78. The summed E-state index contributed by atoms with van der Waals surface area (Å²) in [5, 5.41) is 10.8. The first kappa shape index (κ1) is 14.3. The number of aliphatic hydroxyl groups is 1. The topological polar surface area (TPSA) is 55.5 Å². The molecule has 0 amide bonds. The maximum absolute atomic E-state index is 10.8. The zero-order valence-electron chi connectivity index (χ0n) is 12.3. The predicted molar refractivity (Wildman–Crippen MR) is 82.9 cm³/mol. The van der Waals surface area contributed by atoms with Crippen LogP contribution in [0.2, 0.25) is 0 Å². The lowest BCUT2D eigenvalue weighted by atomic mass is 9.86. The molecule has 0 bridgehead atoms. The minimum absolute atomic E-state index is 0.0911. The fraction of sp³-hybridized carbons (Fsp3) is 0.333. The highest BCUT2D eigenvalue weighted by molar-refractivity contribution is 5.37. The third kappa shape index (κ3) is 2.72. The zero-order chi connectivity index (χ0) is 14.8. The average Bonchev–Trinajstić information content (AvgIpc) is 2.97. The molecule has 3 rings (SSSR count). The highest BCUT2D eigenvalue weighted by atomic mass is 16.5. The zero-order valence-corrected chi connectivity index (χ0v) is 12.3. The smallest absolute Gasteiger partial charge is 0.0870 e. The van der Waals surface area contributed by atoms with Gasteiger partial charge in [-0.3, -0.25) is 0 Å². The summed E-state index contributed by atoms with van der Waals surface area (Å²) < 4.78 is 5.43. The molecule has 0 saturated heterocycles. The molecule has 2 aromatic carbocycles. The molecule has 0 aromatic heterocycles. The van der Waals surface area contributed by atoms with Gasteiger partial charge in [0.15, 0.2) is 0 Å². The highest BCUT2D eigenvalue weighted by Crippen LogP contribution is 2.33. The van der Waals surface area contributed by atoms with Crippen molar-refractivity contribution < 1.29 is 9.84 Å². The Morgan fingerprint density at radius 3 is 2.67 bits per heavy atom. The molecule has 2 aromatic rings. The van der Waals surface area contributed by atoms with Crippen LogP contribution in [0.15, 0.2) is 42.5 Å². The number of benzene rings is 2. The first-order chi connectivity index (χ1) is 10.2. The van der Waals surface area contributed by atoms with Crippen LogP contribution in [0.3, 0.4) is 0 Å². The normalized spacial score (nSPS) is 16.5. The van der Waals surface area contributed by atoms with E-state index in [1.165, 1.54) is 11.1 Å². The standard InChI is InChI=1S/C18H21NO2/c1-12-4-2-3-5-16(12)17(9-19)18(20)13-6-7-14-10-21-11-15(14)8-13/h2-8,17-18,20H,9-11,19H2,1H3. The molecule has 3 nitrogen and oxygen atoms in total. The maximum Gasteiger partial charge on any atom is 0.0870 e. The molecule has 2 atom stereocenters. The largest absolute Gasteiger partial charge is 0.388 e. The first-order valence-electron chi connectivity index (χ1n) is 7.34. The fourth-order valence-corrected chi connectivity index (χ4v) is 3.04. The van der Waals surface area contributed by atoms with Crippen molar-refractivity contribution in [2.24, 2.45) is 5.73 Å². The van der Waals surface area contributed by atoms with E-state index in [0.717, 1.165) is 16.7 Å². The molecule has 110 valence electrons. The number of aliphatic hydroxyl groups excluding tert-OH is 1. The SMILES string of the molecule is Cc1ccccc1C(CN)C(O)c1ccc2c(c1)COC2. The lowest BCUT2D eigenvalue weighted by Gasteiger charge is -2.24. The van der Waals surface area contributed by atoms with Crippen molar-refractivity contribution >= 4 is 0 Å². The molecule has 3 N–H and O–H groups in total. The van der Waals surface area contributed by atoms with Crippen LogP contribution in [0.4, 0.5) is 0 Å². The lowest BCUT2D eigenvalue weighted by Crippen LogP contribution is -2.21. The van der Waals surface area contributed by atoms with Crippen molar-refractivity contribution in [1.29, 1.82) is 0 Å². The Morgan fingerprint density at radius 1 is 1.14 bits per heavy atom. The third-order valence-electron chi connectivity index (χ3n) is 4.31. The average molecular weight is 283 g/mol. The number of hydrogen-bond donors (Lipinski definition) is 2. The minimum atomic E-state index is -0.595. The van der Waals surface area contributed by atoms with Gasteiger partial charge in [-0.25, -0.2) is 0 Å². The molecule has 1 aliphatic rings. The van der Waals surface area contributed by atoms with Crippen LogP contribution < -0.4 is 5.73 Å². The van der Waals surface area contributed by atoms with Crippen molar-refractivity contribution in [3.8, 4) is 0 Å². The second-order valence-electron chi connectivity index (χ2n) is 5.66. The summed E-state index contributed by atoms with van der Waals surface area (Å²) in [7, 11) is 0. The fourth-order valence-electron chi connectivity index (χ4n) is 3.04. The second-order valence-corrected chi connectivity index (χ2v) is 5.66. The summed E-state index contributed by atoms with van der Waals surface area (Å²) in [4.78, 5) is 0. The Labute approximate surface area is 125 Å². The lowest BCUT2D eigenvalue weighted by molar-refractivity contribution is 0.134. The molecule has 0 spiro atoms. The Kier molecular flexibility index (Phi) is 4.06. The molecule has 1 aliphatic heterocycles. The molecule has 3 heteroatoms. The van der Waals surface area contributed by atoms with Gasteiger partial charge in [0.25, 0.3) is 0 Å². The second kappa shape index (κ2) is 5.98. The summed E-state index contributed by atoms with van der Waals surface area (Å²) in [5.74, 6) is -0.0911. The summed E-state index contributed by atoms with van der Waals surface area (Å²) in [6.07, 6.45) is -0.595. The molecule has 1 heterocycles. The molecule has 0 fully saturated rings. The van der Waals surface area contributed by atoms with E-state index >= 15 is 0 Å². The number of ether oxygens (including phenoxy) is 1. The van der Waals surface area contributed by atoms with E-state index < -0.39 is 6.10 Å². The molecule has 0 aliphatic carbocycles. The van der Waals surface area contributed by atoms with Crippen molar-refractivity contribution in [3.63, 3.8) is 0 Å². The van der Waals surface area contributed by atoms with Crippen molar-refractivity contribution in [2.75, 3.05) is 6.54 Å². The first-order valence-corrected chi connectivity index (χ1v) is 7.34. The minimum Gasteiger partial charge on any atom is -0.388 e. The summed E-state index contributed by atoms with van der Waals surface area (Å²) in [5.41, 5.74) is 11.5. The van der Waals surface area contributed by atoms with Gasteiger partial charge in [-0.1, -0.05) is 42.5 Å². The quantitative estimate of drug-likeness (QED) is 0.907. The van der Waals surface area contributed by atoms with Crippen LogP contribution >= 0.6 is 0 Å². The molecular formula is C18H21NO2. The van der Waals surface area contributed by atoms with E-state index in [2.05, 4.69) is 13.0 Å². The van der Waals surface area contributed by atoms with E-state index in [4.69, 9.17) is 10.5 Å². The summed E-state index contributed by atoms with van der Waals surface area (Å²) >= 11 is 0. The van der Waals surface area contributed by atoms with E-state index in [1.54, 1.807) is 0 Å². The Balaban J connectivity index is 1.92. The predicted octanol–water partition coefficient (Wildman–Crippen LogP) is 2.80. The van der Waals surface area contributed by atoms with Gasteiger partial charge in [0.05, 0.1) is 19.3 Å². The molecule has 0 saturated carbocycles. The Bertz CT molecular complexity index is 639. The van der Waals surface area contributed by atoms with Crippen LogP contribution in [0.1, 0.15) is 39.8 Å². The van der Waals surface area contributed by atoms with E-state index in [1.807, 2.05) is 36.4 Å². The molecule has 2 unspecified atom stereocenters. The van der Waals surface area contributed by atoms with Gasteiger partial charge >= 0.3 is 0 Å². The van der Waals surface area contributed by atoms with Gasteiger partial charge in [0, 0.05) is 12.5 Å². The molecule has 0 radical (unpaired) electrons. The number of fused-ring (bicyclic) bond motifs is 1. The van der Waals surface area contributed by atoms with E-state index in [0.29, 0.717) is 19.8 Å². The Hall–Kier alpha value is -1.68. The van der Waals surface area contributed by atoms with Crippen molar-refractivity contribution in [1.82, 2.24) is 0 Å². The molecule has 21 heavy (non-hydrogen) atoms. The van der Waals surface area contributed by atoms with Gasteiger partial charge in [-0.2, -0.15) is 0 Å². The maximum atomic E-state index is 10.8. The van der Waals surface area contributed by atoms with Crippen LogP contribution in [0.25, 0.3) is 0 Å². The number of rotatable bonds is 4. The van der Waals surface area contributed by atoms with Crippen molar-refractivity contribution in [3.05, 3.63) is 70.3 Å². The monoisotopic (exact) mass is 283 g/mol. The highest BCUT2D eigenvalue weighted by Gasteiger charge is 2.24. The van der Waals surface area contributed by atoms with E-state index in [-0.39, 0.29) is 5.92 Å². The van der Waals surface area contributed by atoms with Crippen LogP contribution in [0.5, 0.6) is 0 Å². The van der Waals surface area contributed by atoms with E-state index in [9.17, 15) is 5.11 Å². The third-order valence-corrected chi connectivity index (χ3v) is 4.31. The van der Waals surface area contributed by atoms with Gasteiger partial charge in [-0.15, -0.1) is 0 Å². The van der Waals surface area contributed by atoms with Crippen LogP contribution in [-0.4, -0.2) is 11.7 Å². The Morgan fingerprint density at radius 2 is 1.90 bits per heavy atom. The number of aryl methyl sites for hydroxylation is 1. The van der Waals surface area contributed by atoms with Gasteiger partial charge in [0.2, 0.25) is 0 Å². The summed E-state index contributed by atoms with van der Waals surface area (Å²) in [6, 6.07) is 14.2. The number of hydrogen-bond acceptors (Lipinski definition) is 3. The molecular weight excluding hydrogens is 262 g/mol. The van der Waals surface area contributed by atoms with Gasteiger partial charge in [0.1, 0.15) is 0 Å². The van der Waals surface area contributed by atoms with Crippen molar-refractivity contribution in [2.45, 2.75) is 32.2 Å². The van der Waals surface area contributed by atoms with Crippen LogP contribution in [0, 0.1) is 6.92 Å². The van der Waals surface area contributed by atoms with Gasteiger partial charge < -0.3 is 15.6 Å². The number of nitrogens with two attached hydrogens (primary N) is 1.